The average molecular weight is 664 g/mol. The third kappa shape index (κ3) is 13.1. The van der Waals surface area contributed by atoms with Gasteiger partial charge in [0.05, 0.1) is 33.0 Å². The van der Waals surface area contributed by atoms with Crippen molar-refractivity contribution in [1.82, 2.24) is 5.32 Å². The third-order valence-electron chi connectivity index (χ3n) is 6.60. The number of carbonyl (C=O) groups excluding carboxylic acids is 2. The summed E-state index contributed by atoms with van der Waals surface area (Å²) in [6.07, 6.45) is -1.79. The number of nitrogens with one attached hydrogen (secondary N) is 1. The molecule has 4 aromatic rings. The molecule has 1 unspecified atom stereocenters. The van der Waals surface area contributed by atoms with E-state index in [1.807, 2.05) is 48.5 Å². The van der Waals surface area contributed by atoms with Crippen molar-refractivity contribution in [1.29, 1.82) is 0 Å². The van der Waals surface area contributed by atoms with Crippen LogP contribution in [0.4, 0.5) is 4.79 Å². The molecule has 0 aliphatic heterocycles. The van der Waals surface area contributed by atoms with Gasteiger partial charge in [-0.15, -0.1) is 0 Å². The molecule has 0 aliphatic rings. The van der Waals surface area contributed by atoms with Gasteiger partial charge in [0.1, 0.15) is 19.3 Å². The van der Waals surface area contributed by atoms with Crippen molar-refractivity contribution in [3.8, 4) is 0 Å². The van der Waals surface area contributed by atoms with Crippen molar-refractivity contribution >= 4 is 19.9 Å². The molecular formula is C35H38NO10P. The second-order valence-electron chi connectivity index (χ2n) is 10.3. The fourth-order valence-corrected chi connectivity index (χ4v) is 5.24. The molecule has 0 saturated carbocycles. The van der Waals surface area contributed by atoms with Crippen molar-refractivity contribution < 1.29 is 47.0 Å². The number of carbonyl (C=O) groups is 2. The van der Waals surface area contributed by atoms with Crippen LogP contribution in [0.2, 0.25) is 0 Å². The number of amides is 1. The Balaban J connectivity index is 1.43. The van der Waals surface area contributed by atoms with Crippen molar-refractivity contribution in [2.45, 2.75) is 38.6 Å². The lowest BCUT2D eigenvalue weighted by molar-refractivity contribution is -0.148. The van der Waals surface area contributed by atoms with Gasteiger partial charge in [0.15, 0.2) is 6.04 Å². The minimum Gasteiger partial charge on any atom is -0.459 e. The van der Waals surface area contributed by atoms with Crippen molar-refractivity contribution in [2.24, 2.45) is 0 Å². The molecule has 1 amide bonds. The lowest BCUT2D eigenvalue weighted by atomic mass is 10.2. The summed E-state index contributed by atoms with van der Waals surface area (Å²) in [7, 11) is -4.42. The molecule has 0 bridgehead atoms. The molecule has 248 valence electrons. The smallest absolute Gasteiger partial charge is 0.459 e. The number of benzene rings is 4. The van der Waals surface area contributed by atoms with Crippen LogP contribution in [0, 0.1) is 0 Å². The highest BCUT2D eigenvalue weighted by molar-refractivity contribution is 7.48. The first-order valence-corrected chi connectivity index (χ1v) is 16.4. The van der Waals surface area contributed by atoms with Gasteiger partial charge in [-0.25, -0.2) is 14.2 Å². The quantitative estimate of drug-likeness (QED) is 0.0913. The molecule has 12 heteroatoms. The van der Waals surface area contributed by atoms with Crippen LogP contribution in [-0.4, -0.2) is 49.1 Å². The average Bonchev–Trinajstić information content (AvgIpc) is 3.12. The number of aliphatic hydroxyl groups excluding tert-OH is 1. The zero-order chi connectivity index (χ0) is 33.2. The second kappa shape index (κ2) is 19.3. The summed E-state index contributed by atoms with van der Waals surface area (Å²) in [6.45, 7) is -1.54. The molecule has 2 N–H and O–H groups in total. The van der Waals surface area contributed by atoms with E-state index in [1.54, 1.807) is 72.8 Å². The molecule has 3 atom stereocenters. The topological polar surface area (TPSA) is 139 Å². The third-order valence-corrected chi connectivity index (χ3v) is 7.97. The van der Waals surface area contributed by atoms with Crippen LogP contribution in [-0.2, 0) is 63.6 Å². The molecule has 0 heterocycles. The van der Waals surface area contributed by atoms with E-state index >= 15 is 0 Å². The van der Waals surface area contributed by atoms with Crippen LogP contribution in [0.15, 0.2) is 121 Å². The summed E-state index contributed by atoms with van der Waals surface area (Å²) in [4.78, 5) is 25.9. The van der Waals surface area contributed by atoms with Gasteiger partial charge in [-0.3, -0.25) is 13.6 Å². The molecular weight excluding hydrogens is 625 g/mol. The Morgan fingerprint density at radius 3 is 1.55 bits per heavy atom. The van der Waals surface area contributed by atoms with Crippen LogP contribution in [0.5, 0.6) is 0 Å². The first-order chi connectivity index (χ1) is 22.9. The predicted molar refractivity (Wildman–Crippen MR) is 173 cm³/mol. The van der Waals surface area contributed by atoms with Crippen molar-refractivity contribution in [2.75, 3.05) is 19.8 Å². The van der Waals surface area contributed by atoms with E-state index in [0.717, 1.165) is 16.7 Å². The molecule has 0 saturated heterocycles. The van der Waals surface area contributed by atoms with Crippen LogP contribution in [0.1, 0.15) is 22.3 Å². The summed E-state index contributed by atoms with van der Waals surface area (Å²) < 4.78 is 47.1. The van der Waals surface area contributed by atoms with Crippen LogP contribution in [0.3, 0.4) is 0 Å². The summed E-state index contributed by atoms with van der Waals surface area (Å²) in [5, 5.41) is 12.3. The van der Waals surface area contributed by atoms with E-state index in [2.05, 4.69) is 5.32 Å². The van der Waals surface area contributed by atoms with Gasteiger partial charge in [0, 0.05) is 0 Å². The van der Waals surface area contributed by atoms with E-state index in [4.69, 9.17) is 27.8 Å². The zero-order valence-electron chi connectivity index (χ0n) is 25.7. The first-order valence-electron chi connectivity index (χ1n) is 14.9. The van der Waals surface area contributed by atoms with Gasteiger partial charge in [0.25, 0.3) is 0 Å². The number of hydrogen-bond donors (Lipinski definition) is 2. The van der Waals surface area contributed by atoms with Gasteiger partial charge >= 0.3 is 19.9 Å². The van der Waals surface area contributed by atoms with Gasteiger partial charge in [0.2, 0.25) is 0 Å². The maximum Gasteiger partial charge on any atom is 0.475 e. The number of phosphoric acid groups is 1. The number of ether oxygens (including phenoxy) is 3. The zero-order valence-corrected chi connectivity index (χ0v) is 26.6. The van der Waals surface area contributed by atoms with E-state index in [-0.39, 0.29) is 33.0 Å². The Morgan fingerprint density at radius 1 is 0.596 bits per heavy atom. The Hall–Kier alpha value is -4.35. The Labute approximate surface area is 274 Å². The Morgan fingerprint density at radius 2 is 1.04 bits per heavy atom. The summed E-state index contributed by atoms with van der Waals surface area (Å²) >= 11 is 0. The molecule has 4 rings (SSSR count). The SMILES string of the molecule is O=C(N[C@@H](COP(=O)(OCc1ccccc1)OC[C@@H](CO)OCc1ccccc1)C(=O)OCc1ccccc1)OCc1ccccc1. The maximum absolute atomic E-state index is 13.9. The normalized spacial score (nSPS) is 13.6. The minimum absolute atomic E-state index is 0.0490. The van der Waals surface area contributed by atoms with E-state index in [9.17, 15) is 19.3 Å². The summed E-state index contributed by atoms with van der Waals surface area (Å²) in [5.41, 5.74) is 3.01. The molecule has 0 aromatic heterocycles. The van der Waals surface area contributed by atoms with Crippen LogP contribution >= 0.6 is 7.82 Å². The number of rotatable bonds is 19. The largest absolute Gasteiger partial charge is 0.475 e. The van der Waals surface area contributed by atoms with Crippen molar-refractivity contribution in [3.05, 3.63) is 144 Å². The highest BCUT2D eigenvalue weighted by Crippen LogP contribution is 2.50. The number of phosphoric ester groups is 1. The molecule has 0 fully saturated rings. The first kappa shape index (κ1) is 35.5. The molecule has 0 spiro atoms. The highest BCUT2D eigenvalue weighted by atomic mass is 31.2. The van der Waals surface area contributed by atoms with Crippen LogP contribution < -0.4 is 5.32 Å². The van der Waals surface area contributed by atoms with E-state index in [1.165, 1.54) is 0 Å². The maximum atomic E-state index is 13.9. The van der Waals surface area contributed by atoms with Crippen LogP contribution in [0.25, 0.3) is 0 Å². The van der Waals surface area contributed by atoms with Gasteiger partial charge in [-0.2, -0.15) is 0 Å². The molecule has 4 aromatic carbocycles. The molecule has 0 aliphatic carbocycles. The second-order valence-corrected chi connectivity index (χ2v) is 11.9. The fourth-order valence-electron chi connectivity index (χ4n) is 4.03. The standard InChI is InChI=1S/C35H38NO10P/c37-21-32(41-22-28-13-5-1-6-14-28)26-45-47(40,44-25-31-19-11-4-12-20-31)46-27-33(34(38)42-23-29-15-7-2-8-16-29)36-35(39)43-24-30-17-9-3-10-18-30/h1-20,32-33,37H,21-27H2,(H,36,39)/t32-,33+,47?/m1/s1. The number of hydrogen-bond acceptors (Lipinski definition) is 10. The van der Waals surface area contributed by atoms with Gasteiger partial charge in [-0.05, 0) is 22.3 Å². The lowest BCUT2D eigenvalue weighted by Gasteiger charge is -2.23. The molecule has 47 heavy (non-hydrogen) atoms. The van der Waals surface area contributed by atoms with Crippen molar-refractivity contribution in [3.63, 3.8) is 0 Å². The number of esters is 1. The molecule has 11 nitrogen and oxygen atoms in total. The van der Waals surface area contributed by atoms with Gasteiger partial charge in [-0.1, -0.05) is 121 Å². The monoisotopic (exact) mass is 663 g/mol. The predicted octanol–water partition coefficient (Wildman–Crippen LogP) is 5.96. The highest BCUT2D eigenvalue weighted by Gasteiger charge is 2.33. The van der Waals surface area contributed by atoms with E-state index in [0.29, 0.717) is 5.56 Å². The minimum atomic E-state index is -4.42. The fraction of sp³-hybridized carbons (Fsp3) is 0.257. The Kier molecular flexibility index (Phi) is 14.6. The number of alkyl carbamates (subject to hydrolysis) is 1. The Bertz CT molecular complexity index is 1530. The van der Waals surface area contributed by atoms with Gasteiger partial charge < -0.3 is 24.6 Å². The van der Waals surface area contributed by atoms with E-state index < -0.39 is 45.2 Å². The lowest BCUT2D eigenvalue weighted by Crippen LogP contribution is -2.45. The summed E-state index contributed by atoms with van der Waals surface area (Å²) in [5.74, 6) is -0.862. The summed E-state index contributed by atoms with van der Waals surface area (Å²) in [6, 6.07) is 34.7. The number of aliphatic hydroxyl groups is 1. The molecule has 0 radical (unpaired) electrons.